The Morgan fingerprint density at radius 1 is 0.533 bits per heavy atom. The molecule has 1 aliphatic carbocycles. The van der Waals surface area contributed by atoms with Crippen LogP contribution in [0, 0.1) is 7.14 Å². The first-order valence-corrected chi connectivity index (χ1v) is 20.6. The summed E-state index contributed by atoms with van der Waals surface area (Å²) in [7, 11) is 0. The predicted octanol–water partition coefficient (Wildman–Crippen LogP) is 9.98. The molecule has 0 amide bonds. The van der Waals surface area contributed by atoms with E-state index in [1.165, 1.54) is 39.1 Å². The van der Waals surface area contributed by atoms with Gasteiger partial charge in [-0.15, -0.1) is 0 Å². The maximum absolute atomic E-state index is 4.71. The van der Waals surface area contributed by atoms with Crippen molar-refractivity contribution in [2.24, 2.45) is 0 Å². The Labute approximate surface area is 278 Å². The number of nitrogens with zero attached hydrogens (tertiary/aromatic N) is 3. The molecule has 0 radical (unpaired) electrons. The topological polar surface area (TPSA) is 30.7 Å². The van der Waals surface area contributed by atoms with Gasteiger partial charge in [-0.2, -0.15) is 0 Å². The summed E-state index contributed by atoms with van der Waals surface area (Å²) in [5.41, 5.74) is 13.6. The van der Waals surface area contributed by atoms with Crippen LogP contribution in [0.4, 0.5) is 0 Å². The van der Waals surface area contributed by atoms with E-state index in [2.05, 4.69) is 130 Å². The summed E-state index contributed by atoms with van der Waals surface area (Å²) in [6.45, 7) is 0. The van der Waals surface area contributed by atoms with Crippen molar-refractivity contribution in [3.63, 3.8) is 0 Å². The zero-order chi connectivity index (χ0) is 29.5. The maximum atomic E-state index is 4.71. The molecule has 7 aromatic rings. The Balaban J connectivity index is 1.20. The van der Waals surface area contributed by atoms with E-state index < -0.39 is 19.8 Å². The van der Waals surface area contributed by atoms with Crippen LogP contribution in [0.15, 0.2) is 150 Å². The van der Waals surface area contributed by atoms with Crippen molar-refractivity contribution in [1.29, 1.82) is 0 Å². The van der Waals surface area contributed by atoms with Gasteiger partial charge in [0.1, 0.15) is 0 Å². The molecule has 10 rings (SSSR count). The van der Waals surface area contributed by atoms with E-state index in [0.29, 0.717) is 0 Å². The van der Waals surface area contributed by atoms with Gasteiger partial charge in [0.2, 0.25) is 0 Å². The van der Waals surface area contributed by atoms with E-state index >= 15 is 0 Å². The number of hydrogen-bond donors (Lipinski definition) is 0. The van der Waals surface area contributed by atoms with Crippen molar-refractivity contribution in [1.82, 2.24) is 14.5 Å². The van der Waals surface area contributed by atoms with E-state index in [1.54, 1.807) is 8.66 Å². The molecule has 2 aliphatic heterocycles. The summed E-state index contributed by atoms with van der Waals surface area (Å²) in [4.78, 5) is 9.41. The van der Waals surface area contributed by atoms with Crippen LogP contribution in [0.1, 0.15) is 22.3 Å². The van der Waals surface area contributed by atoms with Crippen molar-refractivity contribution in [3.8, 4) is 11.1 Å². The average Bonchev–Trinajstić information content (AvgIpc) is 3.60. The van der Waals surface area contributed by atoms with Gasteiger partial charge in [-0.25, -0.2) is 0 Å². The molecule has 0 bridgehead atoms. The fraction of sp³-hybridized carbons (Fsp3) is 0.0250. The second-order valence-corrected chi connectivity index (χ2v) is 21.0. The average molecular weight is 801 g/mol. The molecule has 3 aliphatic rings. The van der Waals surface area contributed by atoms with Crippen molar-refractivity contribution < 1.29 is 0 Å². The summed E-state index contributed by atoms with van der Waals surface area (Å²) in [5, 5.41) is 0. The normalized spacial score (nSPS) is 16.4. The molecule has 0 unspecified atom stereocenters. The molecule has 0 N–H and O–H groups in total. The standard InChI is InChI=1S/C40H25I2N3/c1-3-13-29-27(11-1)28-12-2-4-14-30(28)40(29)31-15-5-7-17-33(31)42(34-18-8-6-16-32(34)40)37-22-21-26(25-41-37)45-35-19-9-23-43-38(35)39-36(45)20-10-24-44-39/h1-25H. The van der Waals surface area contributed by atoms with Gasteiger partial charge < -0.3 is 0 Å². The van der Waals surface area contributed by atoms with Crippen LogP contribution in [0.2, 0.25) is 0 Å². The van der Waals surface area contributed by atoms with Crippen LogP contribution in [0.25, 0.3) is 38.9 Å². The molecule has 214 valence electrons. The molecule has 3 aromatic heterocycles. The van der Waals surface area contributed by atoms with Gasteiger partial charge in [-0.3, -0.25) is 0 Å². The molecule has 0 fully saturated rings. The molecule has 3 nitrogen and oxygen atoms in total. The molecule has 4 aromatic carbocycles. The van der Waals surface area contributed by atoms with E-state index in [1.807, 2.05) is 24.5 Å². The Morgan fingerprint density at radius 2 is 1.04 bits per heavy atom. The fourth-order valence-corrected chi connectivity index (χ4v) is 20.4. The molecular weight excluding hydrogens is 776 g/mol. The number of allylic oxidation sites excluding steroid dienone is 3. The number of pyridine rings is 2. The minimum absolute atomic E-state index is 0.296. The summed E-state index contributed by atoms with van der Waals surface area (Å²) in [6, 6.07) is 45.4. The van der Waals surface area contributed by atoms with Crippen LogP contribution in [-0.2, 0) is 5.41 Å². The Hall–Kier alpha value is -4.21. The van der Waals surface area contributed by atoms with E-state index in [-0.39, 0.29) is 26.1 Å². The van der Waals surface area contributed by atoms with Crippen LogP contribution >= 0.6 is 40.6 Å². The van der Waals surface area contributed by atoms with Gasteiger partial charge in [0.15, 0.2) is 0 Å². The number of hydrogen-bond acceptors (Lipinski definition) is 2. The molecular formula is C40H25I2N3. The van der Waals surface area contributed by atoms with Crippen molar-refractivity contribution >= 4 is 69.8 Å². The SMILES string of the molecule is C1=CC(I2c3ccccc3C3(c4ccccc4-c4ccccc43)c3ccccc32)=IC=C1n1c2cccnc2c2ncccc21. The summed E-state index contributed by atoms with van der Waals surface area (Å²) < 4.78 is 9.71. The summed E-state index contributed by atoms with van der Waals surface area (Å²) in [5.74, 6) is 0. The van der Waals surface area contributed by atoms with Crippen LogP contribution < -0.4 is 0 Å². The third-order valence-corrected chi connectivity index (χ3v) is 21.1. The predicted molar refractivity (Wildman–Crippen MR) is 203 cm³/mol. The number of halogens is 2. The second-order valence-electron chi connectivity index (χ2n) is 11.4. The van der Waals surface area contributed by atoms with Gasteiger partial charge in [-0.05, 0) is 0 Å². The molecule has 0 saturated carbocycles. The molecule has 5 heteroatoms. The molecule has 0 atom stereocenters. The van der Waals surface area contributed by atoms with Crippen LogP contribution in [0.3, 0.4) is 0 Å². The molecule has 45 heavy (non-hydrogen) atoms. The van der Waals surface area contributed by atoms with Gasteiger partial charge in [0, 0.05) is 0 Å². The second kappa shape index (κ2) is 9.89. The number of benzene rings is 4. The fourth-order valence-electron chi connectivity index (χ4n) is 7.61. The first-order chi connectivity index (χ1) is 22.4. The van der Waals surface area contributed by atoms with Crippen molar-refractivity contribution in [2.75, 3.05) is 0 Å². The molecule has 0 saturated heterocycles. The van der Waals surface area contributed by atoms with Gasteiger partial charge >= 0.3 is 280 Å². The number of fused-ring (bicyclic) bond motifs is 12. The van der Waals surface area contributed by atoms with Crippen molar-refractivity contribution in [3.05, 3.63) is 179 Å². The number of aromatic nitrogens is 3. The first kappa shape index (κ1) is 26.1. The van der Waals surface area contributed by atoms with Gasteiger partial charge in [0.05, 0.1) is 0 Å². The first-order valence-electron chi connectivity index (χ1n) is 15.0. The Bertz CT molecular complexity index is 2320. The van der Waals surface area contributed by atoms with Crippen LogP contribution in [-0.4, -0.2) is 16.1 Å². The Morgan fingerprint density at radius 3 is 1.58 bits per heavy atom. The monoisotopic (exact) mass is 801 g/mol. The summed E-state index contributed by atoms with van der Waals surface area (Å²) >= 11 is -2.31. The van der Waals surface area contributed by atoms with Crippen LogP contribution in [0.5, 0.6) is 0 Å². The van der Waals surface area contributed by atoms with Crippen molar-refractivity contribution in [2.45, 2.75) is 5.41 Å². The van der Waals surface area contributed by atoms with Gasteiger partial charge in [0.25, 0.3) is 0 Å². The van der Waals surface area contributed by atoms with E-state index in [0.717, 1.165) is 22.1 Å². The quantitative estimate of drug-likeness (QED) is 0.163. The van der Waals surface area contributed by atoms with E-state index in [4.69, 9.17) is 9.97 Å². The Kier molecular flexibility index (Phi) is 5.73. The third-order valence-electron chi connectivity index (χ3n) is 9.28. The minimum atomic E-state index is -1.97. The number of rotatable bonds is 2. The molecule has 1 spiro atoms. The van der Waals surface area contributed by atoms with E-state index in [9.17, 15) is 0 Å². The molecule has 5 heterocycles. The van der Waals surface area contributed by atoms with Gasteiger partial charge in [-0.1, -0.05) is 0 Å². The zero-order valence-electron chi connectivity index (χ0n) is 24.0. The third kappa shape index (κ3) is 3.48. The summed E-state index contributed by atoms with van der Waals surface area (Å²) in [6.07, 6.45) is 8.57. The zero-order valence-corrected chi connectivity index (χ0v) is 28.3.